The summed E-state index contributed by atoms with van der Waals surface area (Å²) < 4.78 is 13.6. The summed E-state index contributed by atoms with van der Waals surface area (Å²) >= 11 is 0. The predicted octanol–water partition coefficient (Wildman–Crippen LogP) is 2.74. The zero-order chi connectivity index (χ0) is 22.7. The van der Waals surface area contributed by atoms with Crippen molar-refractivity contribution >= 4 is 13.0 Å². The highest BCUT2D eigenvalue weighted by atomic mass is 16.7. The van der Waals surface area contributed by atoms with E-state index in [0.29, 0.717) is 24.8 Å². The molecule has 5 aliphatic rings. The van der Waals surface area contributed by atoms with Crippen LogP contribution >= 0.6 is 0 Å². The summed E-state index contributed by atoms with van der Waals surface area (Å²) in [5, 5.41) is 3.24. The Labute approximate surface area is 192 Å². The molecule has 7 atom stereocenters. The minimum absolute atomic E-state index is 0.0206. The number of amides is 1. The van der Waals surface area contributed by atoms with Gasteiger partial charge in [0.1, 0.15) is 5.60 Å². The molecule has 1 spiro atoms. The minimum Gasteiger partial charge on any atom is -0.405 e. The molecule has 2 heterocycles. The molecule has 0 aromatic heterocycles. The zero-order valence-electron chi connectivity index (χ0n) is 19.7. The van der Waals surface area contributed by atoms with Crippen LogP contribution in [0.25, 0.3) is 0 Å². The predicted molar refractivity (Wildman–Crippen MR) is 126 cm³/mol. The van der Waals surface area contributed by atoms with Gasteiger partial charge in [0, 0.05) is 11.9 Å². The fourth-order valence-electron chi connectivity index (χ4n) is 6.87. The molecule has 2 aliphatic heterocycles. The molecule has 6 unspecified atom stereocenters. The number of hydrogen-bond donors (Lipinski definition) is 3. The van der Waals surface area contributed by atoms with Gasteiger partial charge in [0.25, 0.3) is 0 Å². The van der Waals surface area contributed by atoms with Crippen LogP contribution < -0.4 is 16.8 Å². The van der Waals surface area contributed by atoms with Crippen LogP contribution in [0.4, 0.5) is 0 Å². The molecule has 3 aliphatic carbocycles. The third-order valence-corrected chi connectivity index (χ3v) is 9.11. The van der Waals surface area contributed by atoms with E-state index in [1.54, 1.807) is 0 Å². The quantitative estimate of drug-likeness (QED) is 0.468. The maximum Gasteiger partial charge on any atom is 0.463 e. The first-order chi connectivity index (χ1) is 15.3. The molecule has 0 radical (unpaired) electrons. The van der Waals surface area contributed by atoms with Crippen LogP contribution in [0.1, 0.15) is 64.0 Å². The average molecular weight is 439 g/mol. The second-order valence-electron chi connectivity index (χ2n) is 11.2. The SMILES string of the molecule is CC1B2OC3CC4CC(C4(C)C)[C@]3(O2)c2cccc(c2)CC1NC(=O)C(N)CCCCN. The molecular weight excluding hydrogens is 401 g/mol. The number of fused-ring (bicyclic) bond motifs is 3. The summed E-state index contributed by atoms with van der Waals surface area (Å²) in [6.07, 6.45) is 5.48. The molecule has 1 aromatic rings. The Morgan fingerprint density at radius 2 is 2.12 bits per heavy atom. The Morgan fingerprint density at radius 1 is 1.31 bits per heavy atom. The lowest BCUT2D eigenvalue weighted by Gasteiger charge is -2.65. The van der Waals surface area contributed by atoms with Crippen LogP contribution in [0.2, 0.25) is 5.82 Å². The van der Waals surface area contributed by atoms with Crippen molar-refractivity contribution in [2.24, 2.45) is 28.7 Å². The Hall–Kier alpha value is -1.41. The second-order valence-corrected chi connectivity index (χ2v) is 11.2. The molecular formula is C25H38BN3O3. The normalized spacial score (nSPS) is 37.4. The van der Waals surface area contributed by atoms with E-state index in [1.807, 2.05) is 0 Å². The maximum atomic E-state index is 12.9. The highest BCUT2D eigenvalue weighted by Crippen LogP contribution is 2.69. The van der Waals surface area contributed by atoms with Gasteiger partial charge >= 0.3 is 7.12 Å². The Morgan fingerprint density at radius 3 is 2.88 bits per heavy atom. The van der Waals surface area contributed by atoms with Crippen LogP contribution in [-0.4, -0.2) is 37.8 Å². The number of rotatable bonds is 6. The summed E-state index contributed by atoms with van der Waals surface area (Å²) in [6, 6.07) is 8.21. The van der Waals surface area contributed by atoms with Crippen LogP contribution in [0.3, 0.4) is 0 Å². The third-order valence-electron chi connectivity index (χ3n) is 9.11. The minimum atomic E-state index is -0.514. The van der Waals surface area contributed by atoms with Crippen molar-refractivity contribution in [1.82, 2.24) is 5.32 Å². The molecule has 174 valence electrons. The largest absolute Gasteiger partial charge is 0.463 e. The monoisotopic (exact) mass is 439 g/mol. The van der Waals surface area contributed by atoms with Crippen molar-refractivity contribution in [2.45, 2.75) is 88.9 Å². The topological polar surface area (TPSA) is 99.6 Å². The van der Waals surface area contributed by atoms with E-state index in [1.165, 1.54) is 17.5 Å². The van der Waals surface area contributed by atoms with Gasteiger partial charge < -0.3 is 26.1 Å². The summed E-state index contributed by atoms with van der Waals surface area (Å²) in [5.74, 6) is 1.07. The van der Waals surface area contributed by atoms with E-state index in [4.69, 9.17) is 20.8 Å². The molecule has 1 aromatic carbocycles. The fourth-order valence-corrected chi connectivity index (χ4v) is 6.87. The standard InChI is InChI=1S/C25H38BN3O3/c1-15-20(29-23(30)19(28)9-4-5-10-27)12-16-7-6-8-17(11-16)25-21-13-18(24(21,2)3)14-22(25)31-26(15)32-25/h6-8,11,15,18-22H,4-5,9-10,12-14,27-28H2,1-3H3,(H,29,30)/t15?,18?,19?,20?,21?,22?,25-/m1/s1. The molecule has 6 bridgehead atoms. The number of nitrogens with one attached hydrogen (secondary N) is 1. The van der Waals surface area contributed by atoms with E-state index in [0.717, 1.165) is 25.7 Å². The Bertz CT molecular complexity index is 880. The number of nitrogens with two attached hydrogens (primary N) is 2. The van der Waals surface area contributed by atoms with Crippen molar-refractivity contribution in [1.29, 1.82) is 0 Å². The van der Waals surface area contributed by atoms with E-state index in [9.17, 15) is 4.79 Å². The number of carbonyl (C=O) groups is 1. The first-order valence-electron chi connectivity index (χ1n) is 12.5. The molecule has 32 heavy (non-hydrogen) atoms. The number of carbonyl (C=O) groups excluding carboxylic acids is 1. The van der Waals surface area contributed by atoms with Gasteiger partial charge in [-0.15, -0.1) is 0 Å². The van der Waals surface area contributed by atoms with E-state index < -0.39 is 6.04 Å². The smallest absolute Gasteiger partial charge is 0.405 e. The maximum absolute atomic E-state index is 12.9. The number of benzene rings is 1. The van der Waals surface area contributed by atoms with Gasteiger partial charge in [-0.1, -0.05) is 51.5 Å². The van der Waals surface area contributed by atoms with Gasteiger partial charge in [0.15, 0.2) is 0 Å². The van der Waals surface area contributed by atoms with Crippen LogP contribution in [-0.2, 0) is 26.1 Å². The second kappa shape index (κ2) is 8.12. The number of hydrogen-bond acceptors (Lipinski definition) is 5. The van der Waals surface area contributed by atoms with Crippen LogP contribution in [0.5, 0.6) is 0 Å². The van der Waals surface area contributed by atoms with Gasteiger partial charge in [-0.3, -0.25) is 4.79 Å². The highest BCUT2D eigenvalue weighted by Gasteiger charge is 2.71. The summed E-state index contributed by atoms with van der Waals surface area (Å²) in [5.41, 5.74) is 14.1. The summed E-state index contributed by atoms with van der Waals surface area (Å²) in [7, 11) is -0.330. The lowest BCUT2D eigenvalue weighted by molar-refractivity contribution is -0.213. The van der Waals surface area contributed by atoms with Gasteiger partial charge in [-0.2, -0.15) is 0 Å². The first kappa shape index (κ1) is 22.4. The molecule has 1 saturated heterocycles. The van der Waals surface area contributed by atoms with Crippen molar-refractivity contribution in [2.75, 3.05) is 6.54 Å². The number of unbranched alkanes of at least 4 members (excludes halogenated alkanes) is 1. The van der Waals surface area contributed by atoms with Gasteiger partial charge in [-0.25, -0.2) is 0 Å². The molecule has 1 amide bonds. The molecule has 3 saturated carbocycles. The van der Waals surface area contributed by atoms with E-state index in [2.05, 4.69) is 50.4 Å². The van der Waals surface area contributed by atoms with Gasteiger partial charge in [0.05, 0.1) is 12.1 Å². The van der Waals surface area contributed by atoms with Crippen molar-refractivity contribution in [3.63, 3.8) is 0 Å². The summed E-state index contributed by atoms with van der Waals surface area (Å²) in [4.78, 5) is 12.9. The van der Waals surface area contributed by atoms with E-state index in [-0.39, 0.29) is 42.0 Å². The molecule has 5 N–H and O–H groups in total. The zero-order valence-corrected chi connectivity index (χ0v) is 19.7. The Kier molecular flexibility index (Phi) is 5.68. The highest BCUT2D eigenvalue weighted by molar-refractivity contribution is 6.47. The average Bonchev–Trinajstić information content (AvgIpc) is 3.19. The van der Waals surface area contributed by atoms with Crippen molar-refractivity contribution in [3.05, 3.63) is 35.4 Å². The first-order valence-corrected chi connectivity index (χ1v) is 12.5. The van der Waals surface area contributed by atoms with Crippen LogP contribution in [0, 0.1) is 17.3 Å². The molecule has 6 rings (SSSR count). The third kappa shape index (κ3) is 3.35. The summed E-state index contributed by atoms with van der Waals surface area (Å²) in [6.45, 7) is 7.55. The lowest BCUT2D eigenvalue weighted by atomic mass is 9.42. The molecule has 6 nitrogen and oxygen atoms in total. The molecule has 4 fully saturated rings. The van der Waals surface area contributed by atoms with Gasteiger partial charge in [0.2, 0.25) is 5.91 Å². The Balaban J connectivity index is 1.42. The molecule has 7 heteroatoms. The lowest BCUT2D eigenvalue weighted by Crippen LogP contribution is -2.65. The van der Waals surface area contributed by atoms with Gasteiger partial charge in [-0.05, 0) is 67.0 Å². The fraction of sp³-hybridized carbons (Fsp3) is 0.720. The van der Waals surface area contributed by atoms with Crippen LogP contribution in [0.15, 0.2) is 24.3 Å². The van der Waals surface area contributed by atoms with Crippen molar-refractivity contribution in [3.8, 4) is 0 Å². The van der Waals surface area contributed by atoms with E-state index >= 15 is 0 Å². The van der Waals surface area contributed by atoms with Crippen molar-refractivity contribution < 1.29 is 14.1 Å².